The fourth-order valence-electron chi connectivity index (χ4n) is 3.28. The standard InChI is InChI=1S/C23H16N2O4S2/c1-2-28-18-12-14(9-10-17(18)29-22(27)19-8-5-11-30-19)13-20-21(26)25-16-7-4-3-6-15(16)24-23(25)31-20/h3-13H,2H2,1H3/b20-13+. The van der Waals surface area contributed by atoms with E-state index >= 15 is 0 Å². The maximum absolute atomic E-state index is 13.0. The van der Waals surface area contributed by atoms with Gasteiger partial charge < -0.3 is 9.47 Å². The topological polar surface area (TPSA) is 69.9 Å². The third-order valence-electron chi connectivity index (χ3n) is 4.64. The molecular formula is C23H16N2O4S2. The fraction of sp³-hybridized carbons (Fsp3) is 0.0870. The number of fused-ring (bicyclic) bond motifs is 3. The van der Waals surface area contributed by atoms with Crippen LogP contribution in [0.2, 0.25) is 0 Å². The normalized spacial score (nSPS) is 12.0. The van der Waals surface area contributed by atoms with E-state index in [0.717, 1.165) is 16.6 Å². The summed E-state index contributed by atoms with van der Waals surface area (Å²) in [7, 11) is 0. The van der Waals surface area contributed by atoms with E-state index in [9.17, 15) is 9.59 Å². The number of rotatable bonds is 5. The van der Waals surface area contributed by atoms with Crippen LogP contribution in [0.1, 0.15) is 22.2 Å². The van der Waals surface area contributed by atoms with Crippen molar-refractivity contribution in [3.8, 4) is 11.5 Å². The van der Waals surface area contributed by atoms with Gasteiger partial charge >= 0.3 is 5.97 Å². The quantitative estimate of drug-likeness (QED) is 0.299. The first kappa shape index (κ1) is 19.5. The summed E-state index contributed by atoms with van der Waals surface area (Å²) in [6.07, 6.45) is 1.80. The van der Waals surface area contributed by atoms with Gasteiger partial charge in [-0.15, -0.1) is 11.3 Å². The van der Waals surface area contributed by atoms with Crippen molar-refractivity contribution in [1.29, 1.82) is 0 Å². The summed E-state index contributed by atoms with van der Waals surface area (Å²) in [5.41, 5.74) is 2.25. The predicted octanol–water partition coefficient (Wildman–Crippen LogP) is 4.14. The summed E-state index contributed by atoms with van der Waals surface area (Å²) in [4.78, 5) is 31.0. The van der Waals surface area contributed by atoms with E-state index in [4.69, 9.17) is 9.47 Å². The molecule has 5 aromatic rings. The molecule has 0 radical (unpaired) electrons. The van der Waals surface area contributed by atoms with Gasteiger partial charge in [-0.3, -0.25) is 4.79 Å². The minimum absolute atomic E-state index is 0.111. The molecule has 0 aliphatic carbocycles. The average molecular weight is 449 g/mol. The molecule has 8 heteroatoms. The smallest absolute Gasteiger partial charge is 0.353 e. The highest BCUT2D eigenvalue weighted by molar-refractivity contribution is 7.15. The van der Waals surface area contributed by atoms with Crippen LogP contribution in [0.25, 0.3) is 22.1 Å². The Morgan fingerprint density at radius 2 is 2.00 bits per heavy atom. The molecule has 0 unspecified atom stereocenters. The third kappa shape index (κ3) is 3.60. The molecule has 0 atom stereocenters. The average Bonchev–Trinajstić information content (AvgIpc) is 3.48. The van der Waals surface area contributed by atoms with Gasteiger partial charge in [0.25, 0.3) is 5.56 Å². The van der Waals surface area contributed by atoms with Crippen molar-refractivity contribution >= 4 is 50.7 Å². The van der Waals surface area contributed by atoms with Gasteiger partial charge in [0.15, 0.2) is 16.5 Å². The summed E-state index contributed by atoms with van der Waals surface area (Å²) >= 11 is 2.65. The summed E-state index contributed by atoms with van der Waals surface area (Å²) in [6, 6.07) is 16.3. The van der Waals surface area contributed by atoms with Crippen molar-refractivity contribution in [3.63, 3.8) is 0 Å². The second-order valence-corrected chi connectivity index (χ2v) is 8.60. The molecule has 0 saturated carbocycles. The number of thiazole rings is 1. The summed E-state index contributed by atoms with van der Waals surface area (Å²) in [6.45, 7) is 2.27. The lowest BCUT2D eigenvalue weighted by molar-refractivity contribution is 0.0733. The van der Waals surface area contributed by atoms with E-state index in [1.165, 1.54) is 22.7 Å². The van der Waals surface area contributed by atoms with Crippen LogP contribution < -0.4 is 19.6 Å². The lowest BCUT2D eigenvalue weighted by atomic mass is 10.2. The number of thiophene rings is 1. The zero-order chi connectivity index (χ0) is 21.4. The van der Waals surface area contributed by atoms with Crippen LogP contribution in [-0.4, -0.2) is 22.0 Å². The first-order valence-electron chi connectivity index (χ1n) is 9.58. The van der Waals surface area contributed by atoms with E-state index in [1.54, 1.807) is 40.8 Å². The fourth-order valence-corrected chi connectivity index (χ4v) is 4.86. The first-order valence-corrected chi connectivity index (χ1v) is 11.3. The number of hydrogen-bond acceptors (Lipinski definition) is 7. The van der Waals surface area contributed by atoms with E-state index in [-0.39, 0.29) is 5.56 Å². The minimum Gasteiger partial charge on any atom is -0.490 e. The van der Waals surface area contributed by atoms with Crippen LogP contribution in [0.5, 0.6) is 11.5 Å². The molecule has 0 aliphatic rings. The Kier molecular flexibility index (Phi) is 5.01. The summed E-state index contributed by atoms with van der Waals surface area (Å²) in [5, 5.41) is 1.82. The van der Waals surface area contributed by atoms with E-state index in [2.05, 4.69) is 4.98 Å². The molecule has 0 saturated heterocycles. The largest absolute Gasteiger partial charge is 0.490 e. The van der Waals surface area contributed by atoms with Crippen LogP contribution in [0.15, 0.2) is 64.8 Å². The van der Waals surface area contributed by atoms with E-state index in [0.29, 0.717) is 32.5 Å². The number of esters is 1. The highest BCUT2D eigenvalue weighted by Gasteiger charge is 2.15. The van der Waals surface area contributed by atoms with Gasteiger partial charge in [-0.1, -0.05) is 35.6 Å². The first-order chi connectivity index (χ1) is 15.1. The van der Waals surface area contributed by atoms with E-state index < -0.39 is 5.97 Å². The van der Waals surface area contributed by atoms with Gasteiger partial charge in [-0.25, -0.2) is 14.2 Å². The molecule has 154 valence electrons. The molecule has 3 aromatic heterocycles. The highest BCUT2D eigenvalue weighted by atomic mass is 32.1. The van der Waals surface area contributed by atoms with Gasteiger partial charge in [0.1, 0.15) is 4.88 Å². The Bertz CT molecular complexity index is 1520. The van der Waals surface area contributed by atoms with Crippen molar-refractivity contribution in [2.75, 3.05) is 6.61 Å². The Morgan fingerprint density at radius 3 is 2.81 bits per heavy atom. The van der Waals surface area contributed by atoms with Gasteiger partial charge in [-0.2, -0.15) is 0 Å². The lowest BCUT2D eigenvalue weighted by Crippen LogP contribution is -2.22. The van der Waals surface area contributed by atoms with Crippen LogP contribution in [0.3, 0.4) is 0 Å². The lowest BCUT2D eigenvalue weighted by Gasteiger charge is -2.10. The predicted molar refractivity (Wildman–Crippen MR) is 123 cm³/mol. The SMILES string of the molecule is CCOc1cc(/C=c2/sc3nc4ccccc4n3c2=O)ccc1OC(=O)c1cccs1. The molecule has 6 nitrogen and oxygen atoms in total. The van der Waals surface area contributed by atoms with Crippen molar-refractivity contribution in [3.05, 3.63) is 85.3 Å². The molecule has 0 aliphatic heterocycles. The number of aromatic nitrogens is 2. The molecule has 0 bridgehead atoms. The van der Waals surface area contributed by atoms with Crippen LogP contribution in [0, 0.1) is 0 Å². The summed E-state index contributed by atoms with van der Waals surface area (Å²) in [5.74, 6) is 0.355. The van der Waals surface area contributed by atoms with E-state index in [1.807, 2.05) is 36.6 Å². The van der Waals surface area contributed by atoms with Crippen LogP contribution in [-0.2, 0) is 0 Å². The molecule has 2 aromatic carbocycles. The monoisotopic (exact) mass is 448 g/mol. The molecule has 0 amide bonds. The van der Waals surface area contributed by atoms with Crippen molar-refractivity contribution in [2.45, 2.75) is 6.92 Å². The highest BCUT2D eigenvalue weighted by Crippen LogP contribution is 2.30. The number of imidazole rings is 1. The minimum atomic E-state index is -0.430. The molecule has 3 heterocycles. The Labute approximate surface area is 184 Å². The second kappa shape index (κ2) is 7.98. The zero-order valence-corrected chi connectivity index (χ0v) is 18.0. The second-order valence-electron chi connectivity index (χ2n) is 6.64. The van der Waals surface area contributed by atoms with Crippen LogP contribution in [0.4, 0.5) is 0 Å². The number of nitrogens with zero attached hydrogens (tertiary/aromatic N) is 2. The molecule has 0 fully saturated rings. The molecule has 31 heavy (non-hydrogen) atoms. The number of carbonyl (C=O) groups is 1. The summed E-state index contributed by atoms with van der Waals surface area (Å²) < 4.78 is 13.4. The molecular weight excluding hydrogens is 432 g/mol. The van der Waals surface area contributed by atoms with Crippen molar-refractivity contribution in [1.82, 2.24) is 9.38 Å². The Hall–Kier alpha value is -3.49. The molecule has 5 rings (SSSR count). The maximum atomic E-state index is 13.0. The third-order valence-corrected chi connectivity index (χ3v) is 6.45. The number of carbonyl (C=O) groups excluding carboxylic acids is 1. The molecule has 0 N–H and O–H groups in total. The number of para-hydroxylation sites is 2. The van der Waals surface area contributed by atoms with Gasteiger partial charge in [0, 0.05) is 0 Å². The zero-order valence-electron chi connectivity index (χ0n) is 16.4. The van der Waals surface area contributed by atoms with Gasteiger partial charge in [-0.05, 0) is 54.3 Å². The number of hydrogen-bond donors (Lipinski definition) is 0. The van der Waals surface area contributed by atoms with Crippen molar-refractivity contribution < 1.29 is 14.3 Å². The van der Waals surface area contributed by atoms with Crippen LogP contribution >= 0.6 is 22.7 Å². The molecule has 0 spiro atoms. The van der Waals surface area contributed by atoms with Crippen molar-refractivity contribution in [2.24, 2.45) is 0 Å². The Balaban J connectivity index is 1.54. The van der Waals surface area contributed by atoms with Gasteiger partial charge in [0.05, 0.1) is 22.2 Å². The van der Waals surface area contributed by atoms with Gasteiger partial charge in [0.2, 0.25) is 0 Å². The number of benzene rings is 2. The maximum Gasteiger partial charge on any atom is 0.353 e. The number of ether oxygens (including phenoxy) is 2. The Morgan fingerprint density at radius 1 is 1.13 bits per heavy atom.